The number of nitrogens with one attached hydrogen (secondary N) is 1. The SMILES string of the molecule is CC(C)(N)c1nc2ncc(Br)cc2[nH]1. The lowest BCUT2D eigenvalue weighted by Gasteiger charge is -2.13. The molecular formula is C9H11BrN4. The van der Waals surface area contributed by atoms with E-state index < -0.39 is 5.54 Å². The van der Waals surface area contributed by atoms with Gasteiger partial charge in [-0.25, -0.2) is 9.97 Å². The van der Waals surface area contributed by atoms with E-state index in [2.05, 4.69) is 30.9 Å². The molecule has 0 saturated heterocycles. The maximum absolute atomic E-state index is 5.93. The summed E-state index contributed by atoms with van der Waals surface area (Å²) in [6.07, 6.45) is 1.72. The minimum atomic E-state index is -0.465. The van der Waals surface area contributed by atoms with Gasteiger partial charge in [-0.05, 0) is 35.8 Å². The number of aromatic amines is 1. The minimum absolute atomic E-state index is 0.465. The smallest absolute Gasteiger partial charge is 0.177 e. The first kappa shape index (κ1) is 9.61. The Morgan fingerprint density at radius 3 is 2.86 bits per heavy atom. The van der Waals surface area contributed by atoms with Crippen molar-refractivity contribution >= 4 is 27.1 Å². The summed E-state index contributed by atoms with van der Waals surface area (Å²) in [5.74, 6) is 0.748. The largest absolute Gasteiger partial charge is 0.339 e. The van der Waals surface area contributed by atoms with Gasteiger partial charge in [0.1, 0.15) is 5.82 Å². The number of hydrogen-bond donors (Lipinski definition) is 2. The second-order valence-electron chi connectivity index (χ2n) is 3.83. The van der Waals surface area contributed by atoms with Crippen LogP contribution < -0.4 is 5.73 Å². The van der Waals surface area contributed by atoms with E-state index in [0.717, 1.165) is 15.8 Å². The van der Waals surface area contributed by atoms with Gasteiger partial charge in [0.2, 0.25) is 0 Å². The van der Waals surface area contributed by atoms with Crippen LogP contribution in [0.1, 0.15) is 19.7 Å². The van der Waals surface area contributed by atoms with Crippen LogP contribution in [-0.4, -0.2) is 15.0 Å². The Balaban J connectivity index is 2.63. The highest BCUT2D eigenvalue weighted by Crippen LogP contribution is 2.19. The highest BCUT2D eigenvalue weighted by molar-refractivity contribution is 9.10. The highest BCUT2D eigenvalue weighted by Gasteiger charge is 2.18. The first-order valence-corrected chi connectivity index (χ1v) is 5.07. The fourth-order valence-corrected chi connectivity index (χ4v) is 1.51. The number of aromatic nitrogens is 3. The number of pyridine rings is 1. The van der Waals surface area contributed by atoms with Gasteiger partial charge in [0, 0.05) is 10.7 Å². The molecule has 0 amide bonds. The molecule has 0 atom stereocenters. The number of hydrogen-bond acceptors (Lipinski definition) is 3. The lowest BCUT2D eigenvalue weighted by atomic mass is 10.1. The number of fused-ring (bicyclic) bond motifs is 1. The number of imidazole rings is 1. The van der Waals surface area contributed by atoms with Crippen LogP contribution in [0, 0.1) is 0 Å². The molecule has 2 rings (SSSR count). The number of rotatable bonds is 1. The van der Waals surface area contributed by atoms with Gasteiger partial charge in [-0.3, -0.25) is 0 Å². The average Bonchev–Trinajstić information content (AvgIpc) is 2.45. The third-order valence-electron chi connectivity index (χ3n) is 1.91. The number of nitrogens with zero attached hydrogens (tertiary/aromatic N) is 2. The molecule has 2 aromatic rings. The average molecular weight is 255 g/mol. The summed E-state index contributed by atoms with van der Waals surface area (Å²) in [5.41, 5.74) is 7.05. The van der Waals surface area contributed by atoms with Crippen LogP contribution in [0.15, 0.2) is 16.7 Å². The van der Waals surface area contributed by atoms with Crippen molar-refractivity contribution < 1.29 is 0 Å². The lowest BCUT2D eigenvalue weighted by Crippen LogP contribution is -2.30. The zero-order valence-electron chi connectivity index (χ0n) is 8.00. The Bertz CT molecular complexity index is 469. The Morgan fingerprint density at radius 1 is 1.50 bits per heavy atom. The van der Waals surface area contributed by atoms with E-state index in [1.165, 1.54) is 0 Å². The van der Waals surface area contributed by atoms with Crippen LogP contribution in [0.5, 0.6) is 0 Å². The summed E-state index contributed by atoms with van der Waals surface area (Å²) in [6.45, 7) is 3.81. The maximum atomic E-state index is 5.93. The molecule has 2 aromatic heterocycles. The number of nitrogens with two attached hydrogens (primary N) is 1. The van der Waals surface area contributed by atoms with Crippen LogP contribution in [0.3, 0.4) is 0 Å². The highest BCUT2D eigenvalue weighted by atomic mass is 79.9. The minimum Gasteiger partial charge on any atom is -0.339 e. The van der Waals surface area contributed by atoms with E-state index >= 15 is 0 Å². The predicted molar refractivity (Wildman–Crippen MR) is 58.8 cm³/mol. The quantitative estimate of drug-likeness (QED) is 0.817. The molecule has 0 unspecified atom stereocenters. The molecule has 0 aliphatic carbocycles. The van der Waals surface area contributed by atoms with Gasteiger partial charge < -0.3 is 10.7 Å². The monoisotopic (exact) mass is 254 g/mol. The molecule has 0 saturated carbocycles. The van der Waals surface area contributed by atoms with Crippen molar-refractivity contribution in [1.29, 1.82) is 0 Å². The fraction of sp³-hybridized carbons (Fsp3) is 0.333. The maximum Gasteiger partial charge on any atom is 0.177 e. The molecule has 0 aliphatic heterocycles. The Hall–Kier alpha value is -0.940. The molecule has 74 valence electrons. The van der Waals surface area contributed by atoms with Crippen molar-refractivity contribution in [2.45, 2.75) is 19.4 Å². The van der Waals surface area contributed by atoms with Gasteiger partial charge in [0.05, 0.1) is 11.1 Å². The molecule has 0 radical (unpaired) electrons. The van der Waals surface area contributed by atoms with Crippen molar-refractivity contribution in [2.75, 3.05) is 0 Å². The second kappa shape index (κ2) is 3.03. The normalized spacial score (nSPS) is 12.3. The van der Waals surface area contributed by atoms with Crippen molar-refractivity contribution in [1.82, 2.24) is 15.0 Å². The van der Waals surface area contributed by atoms with E-state index in [0.29, 0.717) is 5.65 Å². The van der Waals surface area contributed by atoms with E-state index in [1.54, 1.807) is 6.20 Å². The van der Waals surface area contributed by atoms with Crippen LogP contribution in [0.2, 0.25) is 0 Å². The van der Waals surface area contributed by atoms with Crippen LogP contribution >= 0.6 is 15.9 Å². The van der Waals surface area contributed by atoms with Gasteiger partial charge in [-0.1, -0.05) is 0 Å². The zero-order valence-corrected chi connectivity index (χ0v) is 9.59. The first-order chi connectivity index (χ1) is 6.47. The topological polar surface area (TPSA) is 67.6 Å². The van der Waals surface area contributed by atoms with Gasteiger partial charge in [-0.15, -0.1) is 0 Å². The van der Waals surface area contributed by atoms with Gasteiger partial charge in [0.15, 0.2) is 5.65 Å². The van der Waals surface area contributed by atoms with E-state index in [-0.39, 0.29) is 0 Å². The lowest BCUT2D eigenvalue weighted by molar-refractivity contribution is 0.522. The molecule has 0 spiro atoms. The molecule has 14 heavy (non-hydrogen) atoms. The van der Waals surface area contributed by atoms with Crippen LogP contribution in [-0.2, 0) is 5.54 Å². The van der Waals surface area contributed by atoms with Gasteiger partial charge in [-0.2, -0.15) is 0 Å². The van der Waals surface area contributed by atoms with Crippen molar-refractivity contribution in [2.24, 2.45) is 5.73 Å². The third kappa shape index (κ3) is 1.65. The first-order valence-electron chi connectivity index (χ1n) is 4.27. The Kier molecular flexibility index (Phi) is 2.08. The summed E-state index contributed by atoms with van der Waals surface area (Å²) in [4.78, 5) is 11.6. The summed E-state index contributed by atoms with van der Waals surface area (Å²) in [7, 11) is 0. The predicted octanol–water partition coefficient (Wildman–Crippen LogP) is 1.91. The molecule has 3 N–H and O–H groups in total. The molecule has 0 aliphatic rings. The zero-order chi connectivity index (χ0) is 10.3. The van der Waals surface area contributed by atoms with Gasteiger partial charge >= 0.3 is 0 Å². The van der Waals surface area contributed by atoms with Crippen molar-refractivity contribution in [3.05, 3.63) is 22.6 Å². The van der Waals surface area contributed by atoms with Crippen LogP contribution in [0.25, 0.3) is 11.2 Å². The second-order valence-corrected chi connectivity index (χ2v) is 4.75. The van der Waals surface area contributed by atoms with E-state index in [1.807, 2.05) is 19.9 Å². The van der Waals surface area contributed by atoms with Crippen LogP contribution in [0.4, 0.5) is 0 Å². The van der Waals surface area contributed by atoms with E-state index in [4.69, 9.17) is 5.73 Å². The summed E-state index contributed by atoms with van der Waals surface area (Å²) in [5, 5.41) is 0. The summed E-state index contributed by atoms with van der Waals surface area (Å²) < 4.78 is 0.926. The third-order valence-corrected chi connectivity index (χ3v) is 2.35. The molecule has 2 heterocycles. The standard InChI is InChI=1S/C9H11BrN4/c1-9(2,11)8-13-6-3-5(10)4-12-7(6)14-8/h3-4H,11H2,1-2H3,(H,12,13,14). The fourth-order valence-electron chi connectivity index (χ4n) is 1.18. The van der Waals surface area contributed by atoms with Crippen molar-refractivity contribution in [3.8, 4) is 0 Å². The van der Waals surface area contributed by atoms with E-state index in [9.17, 15) is 0 Å². The molecule has 0 bridgehead atoms. The molecule has 0 fully saturated rings. The number of halogens is 1. The molecule has 4 nitrogen and oxygen atoms in total. The molecule has 5 heteroatoms. The molecular weight excluding hydrogens is 244 g/mol. The summed E-state index contributed by atoms with van der Waals surface area (Å²) >= 11 is 3.35. The van der Waals surface area contributed by atoms with Gasteiger partial charge in [0.25, 0.3) is 0 Å². The Labute approximate surface area is 90.1 Å². The molecule has 0 aromatic carbocycles. The Morgan fingerprint density at radius 2 is 2.21 bits per heavy atom. The summed E-state index contributed by atoms with van der Waals surface area (Å²) in [6, 6.07) is 1.94. The van der Waals surface area contributed by atoms with Crippen molar-refractivity contribution in [3.63, 3.8) is 0 Å². The number of H-pyrrole nitrogens is 1.